The molecule has 1 aliphatic rings. The number of ketones is 1. The lowest BCUT2D eigenvalue weighted by atomic mass is 9.92. The van der Waals surface area contributed by atoms with Gasteiger partial charge in [-0.2, -0.15) is 0 Å². The molecule has 148 valence electrons. The van der Waals surface area contributed by atoms with Crippen LogP contribution >= 0.6 is 0 Å². The summed E-state index contributed by atoms with van der Waals surface area (Å²) in [5, 5.41) is 40.5. The van der Waals surface area contributed by atoms with E-state index in [9.17, 15) is 25.2 Å². The van der Waals surface area contributed by atoms with E-state index in [2.05, 4.69) is 0 Å². The Kier molecular flexibility index (Phi) is 5.09. The quantitative estimate of drug-likeness (QED) is 0.592. The molecule has 0 fully saturated rings. The van der Waals surface area contributed by atoms with Crippen LogP contribution in [-0.2, 0) is 6.42 Å². The van der Waals surface area contributed by atoms with Gasteiger partial charge in [-0.3, -0.25) is 4.79 Å². The molecule has 7 heteroatoms. The molecule has 0 amide bonds. The third kappa shape index (κ3) is 3.43. The number of phenols is 4. The van der Waals surface area contributed by atoms with Crippen molar-refractivity contribution in [3.63, 3.8) is 0 Å². The average Bonchev–Trinajstić information content (AvgIpc) is 2.60. The fourth-order valence-corrected chi connectivity index (χ4v) is 3.23. The lowest BCUT2D eigenvalue weighted by Gasteiger charge is -2.28. The maximum absolute atomic E-state index is 12.7. The molecule has 3 rings (SSSR count). The van der Waals surface area contributed by atoms with Crippen LogP contribution in [0.5, 0.6) is 34.5 Å². The van der Waals surface area contributed by atoms with Crippen LogP contribution in [0.4, 0.5) is 0 Å². The predicted molar refractivity (Wildman–Crippen MR) is 102 cm³/mol. The van der Waals surface area contributed by atoms with Gasteiger partial charge in [-0.25, -0.2) is 0 Å². The van der Waals surface area contributed by atoms with E-state index in [-0.39, 0.29) is 52.3 Å². The highest BCUT2D eigenvalue weighted by atomic mass is 16.5. The zero-order valence-corrected chi connectivity index (χ0v) is 15.8. The monoisotopic (exact) mass is 386 g/mol. The molecule has 4 N–H and O–H groups in total. The number of fused-ring (bicyclic) bond motifs is 1. The van der Waals surface area contributed by atoms with E-state index in [1.807, 2.05) is 19.9 Å². The van der Waals surface area contributed by atoms with Crippen LogP contribution in [0.25, 0.3) is 0 Å². The van der Waals surface area contributed by atoms with Gasteiger partial charge < -0.3 is 29.9 Å². The summed E-state index contributed by atoms with van der Waals surface area (Å²) in [5.74, 6) is -1.44. The van der Waals surface area contributed by atoms with Gasteiger partial charge in [0.15, 0.2) is 17.3 Å². The minimum Gasteiger partial charge on any atom is -0.507 e. The minimum absolute atomic E-state index is 0.0214. The van der Waals surface area contributed by atoms with Crippen LogP contribution in [-0.4, -0.2) is 33.3 Å². The number of Topliss-reactive ketones (excluding diaryl/α,β-unsaturated/α-hetero) is 1. The van der Waals surface area contributed by atoms with Crippen molar-refractivity contribution in [2.75, 3.05) is 7.11 Å². The molecule has 0 spiro atoms. The molecule has 0 radical (unpaired) electrons. The van der Waals surface area contributed by atoms with E-state index in [4.69, 9.17) is 9.47 Å². The Hall–Kier alpha value is -3.35. The number of methoxy groups -OCH3 is 1. The van der Waals surface area contributed by atoms with Crippen LogP contribution < -0.4 is 9.47 Å². The number of hydrogen-bond acceptors (Lipinski definition) is 7. The molecule has 0 aliphatic carbocycles. The molecule has 2 aromatic rings. The van der Waals surface area contributed by atoms with E-state index < -0.39 is 6.10 Å². The maximum Gasteiger partial charge on any atom is 0.202 e. The van der Waals surface area contributed by atoms with Crippen LogP contribution in [0.15, 0.2) is 29.8 Å². The molecule has 1 aliphatic heterocycles. The molecular formula is C21H22O7. The fourth-order valence-electron chi connectivity index (χ4n) is 3.23. The molecule has 0 unspecified atom stereocenters. The summed E-state index contributed by atoms with van der Waals surface area (Å²) in [6.07, 6.45) is 1.28. The van der Waals surface area contributed by atoms with Crippen molar-refractivity contribution < 1.29 is 34.7 Å². The number of carbonyl (C=O) groups excluding carboxylic acids is 1. The highest BCUT2D eigenvalue weighted by molar-refractivity contribution is 6.03. The van der Waals surface area contributed by atoms with Gasteiger partial charge in [0.1, 0.15) is 28.9 Å². The number of allylic oxidation sites excluding steroid dienone is 2. The highest BCUT2D eigenvalue weighted by Crippen LogP contribution is 2.47. The number of benzene rings is 2. The zero-order valence-electron chi connectivity index (χ0n) is 15.8. The van der Waals surface area contributed by atoms with E-state index in [1.165, 1.54) is 19.2 Å². The Balaban J connectivity index is 2.09. The van der Waals surface area contributed by atoms with E-state index in [0.717, 1.165) is 11.6 Å². The second-order valence-electron chi connectivity index (χ2n) is 6.91. The van der Waals surface area contributed by atoms with Crippen molar-refractivity contribution in [1.82, 2.24) is 0 Å². The number of carbonyl (C=O) groups is 1. The van der Waals surface area contributed by atoms with Crippen molar-refractivity contribution in [2.45, 2.75) is 32.8 Å². The number of phenolic OH excluding ortho intramolecular Hbond substituents is 4. The number of ether oxygens (including phenoxy) is 2. The van der Waals surface area contributed by atoms with Crippen molar-refractivity contribution in [1.29, 1.82) is 0 Å². The summed E-state index contributed by atoms with van der Waals surface area (Å²) in [4.78, 5) is 12.7. The SMILES string of the molecule is COc1c(O)cc([C@@H]2CC(=O)c3c(O)cc(O)c(CC=C(C)C)c3O2)cc1O. The fraction of sp³-hybridized carbons (Fsp3) is 0.286. The Morgan fingerprint density at radius 1 is 1.11 bits per heavy atom. The predicted octanol–water partition coefficient (Wildman–Crippen LogP) is 3.73. The van der Waals surface area contributed by atoms with Crippen LogP contribution in [0, 0.1) is 0 Å². The number of aromatic hydroxyl groups is 4. The Labute approximate surface area is 162 Å². The Morgan fingerprint density at radius 2 is 1.75 bits per heavy atom. The third-order valence-electron chi connectivity index (χ3n) is 4.61. The van der Waals surface area contributed by atoms with Gasteiger partial charge in [0.2, 0.25) is 5.75 Å². The topological polar surface area (TPSA) is 116 Å². The smallest absolute Gasteiger partial charge is 0.202 e. The van der Waals surface area contributed by atoms with Gasteiger partial charge in [0.25, 0.3) is 0 Å². The van der Waals surface area contributed by atoms with Gasteiger partial charge in [0.05, 0.1) is 13.5 Å². The first-order chi connectivity index (χ1) is 13.2. The van der Waals surface area contributed by atoms with Crippen molar-refractivity contribution in [3.8, 4) is 34.5 Å². The number of hydrogen-bond donors (Lipinski definition) is 4. The van der Waals surface area contributed by atoms with Gasteiger partial charge in [0, 0.05) is 17.2 Å². The molecule has 1 heterocycles. The summed E-state index contributed by atoms with van der Waals surface area (Å²) in [6.45, 7) is 3.81. The molecule has 7 nitrogen and oxygen atoms in total. The molecule has 2 aromatic carbocycles. The summed E-state index contributed by atoms with van der Waals surface area (Å²) in [6, 6.07) is 3.83. The highest BCUT2D eigenvalue weighted by Gasteiger charge is 2.34. The zero-order chi connectivity index (χ0) is 20.6. The third-order valence-corrected chi connectivity index (χ3v) is 4.61. The summed E-state index contributed by atoms with van der Waals surface area (Å²) < 4.78 is 10.9. The van der Waals surface area contributed by atoms with E-state index in [0.29, 0.717) is 17.5 Å². The first-order valence-corrected chi connectivity index (χ1v) is 8.73. The van der Waals surface area contributed by atoms with Crippen LogP contribution in [0.2, 0.25) is 0 Å². The molecule has 0 bridgehead atoms. The normalized spacial score (nSPS) is 15.5. The minimum atomic E-state index is -0.811. The van der Waals surface area contributed by atoms with Crippen molar-refractivity contribution in [3.05, 3.63) is 46.5 Å². The first-order valence-electron chi connectivity index (χ1n) is 8.73. The van der Waals surface area contributed by atoms with E-state index in [1.54, 1.807) is 0 Å². The molecule has 28 heavy (non-hydrogen) atoms. The van der Waals surface area contributed by atoms with Gasteiger partial charge in [-0.1, -0.05) is 11.6 Å². The summed E-state index contributed by atoms with van der Waals surface area (Å²) in [5.41, 5.74) is 1.79. The lowest BCUT2D eigenvalue weighted by molar-refractivity contribution is 0.0841. The molecule has 1 atom stereocenters. The van der Waals surface area contributed by atoms with Gasteiger partial charge in [-0.05, 0) is 32.4 Å². The average molecular weight is 386 g/mol. The van der Waals surface area contributed by atoms with Crippen LogP contribution in [0.1, 0.15) is 47.9 Å². The lowest BCUT2D eigenvalue weighted by Crippen LogP contribution is -2.21. The number of rotatable bonds is 4. The molecule has 0 aromatic heterocycles. The molecular weight excluding hydrogens is 364 g/mol. The maximum atomic E-state index is 12.7. The Bertz CT molecular complexity index is 948. The van der Waals surface area contributed by atoms with Crippen molar-refractivity contribution >= 4 is 5.78 Å². The summed E-state index contributed by atoms with van der Waals surface area (Å²) >= 11 is 0. The van der Waals surface area contributed by atoms with Gasteiger partial charge in [-0.15, -0.1) is 0 Å². The molecule has 0 saturated carbocycles. The second-order valence-corrected chi connectivity index (χ2v) is 6.91. The van der Waals surface area contributed by atoms with E-state index >= 15 is 0 Å². The van der Waals surface area contributed by atoms with Crippen LogP contribution in [0.3, 0.4) is 0 Å². The molecule has 0 saturated heterocycles. The first kappa shape index (κ1) is 19.4. The largest absolute Gasteiger partial charge is 0.507 e. The summed E-state index contributed by atoms with van der Waals surface area (Å²) in [7, 11) is 1.31. The standard InChI is InChI=1S/C21H22O7/c1-10(2)4-5-12-13(22)8-14(23)19-15(24)9-18(28-20(12)19)11-6-16(25)21(27-3)17(26)7-11/h4,6-8,18,22-23,25-26H,5,9H2,1-3H3/t18-/m0/s1. The van der Waals surface area contributed by atoms with Crippen molar-refractivity contribution in [2.24, 2.45) is 0 Å². The van der Waals surface area contributed by atoms with Gasteiger partial charge >= 0.3 is 0 Å². The Morgan fingerprint density at radius 3 is 2.32 bits per heavy atom. The second kappa shape index (κ2) is 7.34.